The van der Waals surface area contributed by atoms with E-state index >= 15 is 0 Å². The van der Waals surface area contributed by atoms with Crippen LogP contribution in [0.15, 0.2) is 11.4 Å². The molecule has 114 valence electrons. The van der Waals surface area contributed by atoms with E-state index in [4.69, 9.17) is 0 Å². The molecule has 3 rings (SSSR count). The van der Waals surface area contributed by atoms with Crippen LogP contribution in [-0.4, -0.2) is 39.9 Å². The lowest BCUT2D eigenvalue weighted by molar-refractivity contribution is -0.143. The molecule has 2 aliphatic heterocycles. The first kappa shape index (κ1) is 14.7. The summed E-state index contributed by atoms with van der Waals surface area (Å²) < 4.78 is 0. The number of aliphatic hydroxyl groups excluding tert-OH is 1. The van der Waals surface area contributed by atoms with Gasteiger partial charge in [0.25, 0.3) is 0 Å². The van der Waals surface area contributed by atoms with E-state index in [1.165, 1.54) is 11.3 Å². The quantitative estimate of drug-likeness (QED) is 0.872. The van der Waals surface area contributed by atoms with E-state index in [9.17, 15) is 14.7 Å². The highest BCUT2D eigenvalue weighted by Crippen LogP contribution is 2.34. The van der Waals surface area contributed by atoms with Crippen LogP contribution in [0, 0.1) is 0 Å². The molecule has 0 spiro atoms. The summed E-state index contributed by atoms with van der Waals surface area (Å²) in [7, 11) is 0. The molecule has 3 heterocycles. The lowest BCUT2D eigenvalue weighted by Gasteiger charge is -2.47. The molecule has 0 saturated carbocycles. The minimum Gasteiger partial charge on any atom is -0.393 e. The fourth-order valence-corrected chi connectivity index (χ4v) is 4.49. The highest BCUT2D eigenvalue weighted by atomic mass is 32.1. The SMILES string of the molecule is CC(=O)c1cc(CC(=O)N2[C@@H]3CCC[C@H]2CC(O)C3)cs1. The summed E-state index contributed by atoms with van der Waals surface area (Å²) in [5.41, 5.74) is 0.930. The van der Waals surface area contributed by atoms with Crippen LogP contribution < -0.4 is 0 Å². The fourth-order valence-electron chi connectivity index (χ4n) is 3.68. The average molecular weight is 307 g/mol. The van der Waals surface area contributed by atoms with Gasteiger partial charge in [-0.05, 0) is 56.0 Å². The number of rotatable bonds is 3. The van der Waals surface area contributed by atoms with Crippen LogP contribution in [0.2, 0.25) is 0 Å². The Hall–Kier alpha value is -1.20. The van der Waals surface area contributed by atoms with Crippen molar-refractivity contribution in [1.29, 1.82) is 0 Å². The molecular weight excluding hydrogens is 286 g/mol. The molecule has 2 aliphatic rings. The molecule has 4 nitrogen and oxygen atoms in total. The second-order valence-electron chi connectivity index (χ2n) is 6.22. The molecule has 0 aromatic carbocycles. The summed E-state index contributed by atoms with van der Waals surface area (Å²) >= 11 is 1.41. The van der Waals surface area contributed by atoms with Crippen LogP contribution in [0.1, 0.15) is 54.3 Å². The first-order valence-electron chi connectivity index (χ1n) is 7.62. The summed E-state index contributed by atoms with van der Waals surface area (Å²) in [6.45, 7) is 1.55. The van der Waals surface area contributed by atoms with Gasteiger partial charge in [0.15, 0.2) is 5.78 Å². The molecule has 1 aromatic heterocycles. The van der Waals surface area contributed by atoms with E-state index in [0.717, 1.165) is 24.8 Å². The van der Waals surface area contributed by atoms with Gasteiger partial charge >= 0.3 is 0 Å². The first-order valence-corrected chi connectivity index (χ1v) is 8.50. The average Bonchev–Trinajstić information content (AvgIpc) is 2.86. The number of hydrogen-bond acceptors (Lipinski definition) is 4. The normalized spacial score (nSPS) is 28.5. The Morgan fingerprint density at radius 1 is 1.33 bits per heavy atom. The molecule has 5 heteroatoms. The molecule has 1 aromatic rings. The zero-order valence-electron chi connectivity index (χ0n) is 12.2. The minimum atomic E-state index is -0.255. The maximum absolute atomic E-state index is 12.6. The molecule has 0 aliphatic carbocycles. The van der Waals surface area contributed by atoms with E-state index in [-0.39, 0.29) is 29.9 Å². The van der Waals surface area contributed by atoms with Crippen LogP contribution in [0.4, 0.5) is 0 Å². The number of carbonyl (C=O) groups excluding carboxylic acids is 2. The summed E-state index contributed by atoms with van der Waals surface area (Å²) in [6.07, 6.45) is 4.69. The van der Waals surface area contributed by atoms with E-state index < -0.39 is 0 Å². The Balaban J connectivity index is 1.71. The van der Waals surface area contributed by atoms with Gasteiger partial charge in [-0.1, -0.05) is 0 Å². The molecule has 2 fully saturated rings. The Morgan fingerprint density at radius 2 is 2.00 bits per heavy atom. The highest BCUT2D eigenvalue weighted by Gasteiger charge is 2.40. The molecule has 1 amide bonds. The van der Waals surface area contributed by atoms with Crippen molar-refractivity contribution >= 4 is 23.0 Å². The number of hydrogen-bond donors (Lipinski definition) is 1. The molecule has 1 N–H and O–H groups in total. The van der Waals surface area contributed by atoms with Crippen LogP contribution >= 0.6 is 11.3 Å². The number of thiophene rings is 1. The number of amides is 1. The maximum Gasteiger partial charge on any atom is 0.227 e. The number of nitrogens with zero attached hydrogens (tertiary/aromatic N) is 1. The van der Waals surface area contributed by atoms with Crippen LogP contribution in [0.3, 0.4) is 0 Å². The van der Waals surface area contributed by atoms with E-state index in [0.29, 0.717) is 24.1 Å². The summed E-state index contributed by atoms with van der Waals surface area (Å²) in [4.78, 5) is 26.7. The third-order valence-electron chi connectivity index (χ3n) is 4.59. The molecule has 21 heavy (non-hydrogen) atoms. The van der Waals surface area contributed by atoms with E-state index in [1.54, 1.807) is 6.92 Å². The van der Waals surface area contributed by atoms with Crippen molar-refractivity contribution in [2.75, 3.05) is 0 Å². The molecule has 3 atom stereocenters. The summed E-state index contributed by atoms with van der Waals surface area (Å²) in [5.74, 6) is 0.196. The van der Waals surface area contributed by atoms with Gasteiger partial charge in [-0.3, -0.25) is 9.59 Å². The Morgan fingerprint density at radius 3 is 2.57 bits per heavy atom. The molecule has 2 saturated heterocycles. The monoisotopic (exact) mass is 307 g/mol. The predicted molar refractivity (Wildman–Crippen MR) is 81.5 cm³/mol. The Bertz CT molecular complexity index is 539. The number of aliphatic hydroxyl groups is 1. The number of piperidine rings is 2. The van der Waals surface area contributed by atoms with Gasteiger partial charge in [-0.25, -0.2) is 0 Å². The topological polar surface area (TPSA) is 57.6 Å². The second kappa shape index (κ2) is 5.89. The second-order valence-corrected chi connectivity index (χ2v) is 7.13. The van der Waals surface area contributed by atoms with Crippen LogP contribution in [0.25, 0.3) is 0 Å². The van der Waals surface area contributed by atoms with Crippen molar-refractivity contribution in [3.05, 3.63) is 21.9 Å². The summed E-state index contributed by atoms with van der Waals surface area (Å²) in [6, 6.07) is 2.23. The van der Waals surface area contributed by atoms with Crippen LogP contribution in [-0.2, 0) is 11.2 Å². The number of carbonyl (C=O) groups is 2. The van der Waals surface area contributed by atoms with Gasteiger partial charge in [0.1, 0.15) is 0 Å². The van der Waals surface area contributed by atoms with E-state index in [2.05, 4.69) is 0 Å². The minimum absolute atomic E-state index is 0.0525. The van der Waals surface area contributed by atoms with Gasteiger partial charge in [0.2, 0.25) is 5.91 Å². The molecule has 2 bridgehead atoms. The smallest absolute Gasteiger partial charge is 0.227 e. The predicted octanol–water partition coefficient (Wildman–Crippen LogP) is 2.40. The van der Waals surface area contributed by atoms with Gasteiger partial charge < -0.3 is 10.0 Å². The molecular formula is C16H21NO3S. The first-order chi connectivity index (χ1) is 10.0. The van der Waals surface area contributed by atoms with Crippen molar-refractivity contribution in [1.82, 2.24) is 4.90 Å². The fraction of sp³-hybridized carbons (Fsp3) is 0.625. The zero-order valence-corrected chi connectivity index (χ0v) is 13.1. The number of Topliss-reactive ketones (excluding diaryl/α,β-unsaturated/α-hetero) is 1. The number of ketones is 1. The largest absolute Gasteiger partial charge is 0.393 e. The Kier molecular flexibility index (Phi) is 4.13. The van der Waals surface area contributed by atoms with Crippen LogP contribution in [0.5, 0.6) is 0 Å². The number of fused-ring (bicyclic) bond motifs is 2. The standard InChI is InChI=1S/C16H21NO3S/c1-10(18)15-5-11(9-21-15)6-16(20)17-12-3-2-4-13(17)8-14(19)7-12/h5,9,12-14,19H,2-4,6-8H2,1H3/t12-,13+,14?. The van der Waals surface area contributed by atoms with Crippen molar-refractivity contribution < 1.29 is 14.7 Å². The maximum atomic E-state index is 12.6. The van der Waals surface area contributed by atoms with Crippen molar-refractivity contribution in [2.24, 2.45) is 0 Å². The van der Waals surface area contributed by atoms with Crippen molar-refractivity contribution in [3.8, 4) is 0 Å². The molecule has 1 unspecified atom stereocenters. The van der Waals surface area contributed by atoms with Gasteiger partial charge in [0, 0.05) is 12.1 Å². The van der Waals surface area contributed by atoms with Gasteiger partial charge in [-0.15, -0.1) is 11.3 Å². The highest BCUT2D eigenvalue weighted by molar-refractivity contribution is 7.12. The third kappa shape index (κ3) is 3.04. The molecule has 0 radical (unpaired) electrons. The lowest BCUT2D eigenvalue weighted by Crippen LogP contribution is -2.56. The lowest BCUT2D eigenvalue weighted by atomic mass is 9.82. The zero-order chi connectivity index (χ0) is 15.0. The van der Waals surface area contributed by atoms with Gasteiger partial charge in [-0.2, -0.15) is 0 Å². The third-order valence-corrected chi connectivity index (χ3v) is 5.67. The Labute approximate surface area is 128 Å². The van der Waals surface area contributed by atoms with E-state index in [1.807, 2.05) is 16.3 Å². The van der Waals surface area contributed by atoms with Crippen molar-refractivity contribution in [2.45, 2.75) is 63.6 Å². The van der Waals surface area contributed by atoms with Gasteiger partial charge in [0.05, 0.1) is 17.4 Å². The summed E-state index contributed by atoms with van der Waals surface area (Å²) in [5, 5.41) is 11.8. The van der Waals surface area contributed by atoms with Crippen molar-refractivity contribution in [3.63, 3.8) is 0 Å².